The summed E-state index contributed by atoms with van der Waals surface area (Å²) in [4.78, 5) is 0. The molecule has 1 aromatic rings. The Labute approximate surface area is 102 Å². The van der Waals surface area contributed by atoms with Crippen molar-refractivity contribution in [2.45, 2.75) is 32.0 Å². The van der Waals surface area contributed by atoms with Crippen LogP contribution >= 0.6 is 0 Å². The van der Waals surface area contributed by atoms with Crippen LogP contribution in [0.15, 0.2) is 24.8 Å². The van der Waals surface area contributed by atoms with Gasteiger partial charge in [0.2, 0.25) is 6.29 Å². The van der Waals surface area contributed by atoms with Crippen molar-refractivity contribution in [1.29, 1.82) is 0 Å². The number of hydrogen-bond acceptors (Lipinski definition) is 3. The second-order valence-electron chi connectivity index (χ2n) is 4.88. The van der Waals surface area contributed by atoms with E-state index in [4.69, 9.17) is 9.47 Å². The van der Waals surface area contributed by atoms with E-state index < -0.39 is 0 Å². The highest BCUT2D eigenvalue weighted by Gasteiger charge is 2.42. The SMILES string of the molecule is C=CCc1cc2c(cc1O)C(C)(C)C(OC)O2. The molecule has 1 aliphatic heterocycles. The lowest BCUT2D eigenvalue weighted by molar-refractivity contribution is -0.0779. The van der Waals surface area contributed by atoms with Crippen molar-refractivity contribution in [3.05, 3.63) is 35.9 Å². The van der Waals surface area contributed by atoms with Gasteiger partial charge >= 0.3 is 0 Å². The summed E-state index contributed by atoms with van der Waals surface area (Å²) in [5.74, 6) is 1.08. The van der Waals surface area contributed by atoms with Crippen LogP contribution in [0.3, 0.4) is 0 Å². The molecule has 17 heavy (non-hydrogen) atoms. The number of aromatic hydroxyl groups is 1. The second kappa shape index (κ2) is 4.08. The van der Waals surface area contributed by atoms with Gasteiger partial charge in [0.15, 0.2) is 0 Å². The van der Waals surface area contributed by atoms with Gasteiger partial charge in [-0.3, -0.25) is 0 Å². The highest BCUT2D eigenvalue weighted by molar-refractivity contribution is 5.52. The first-order valence-corrected chi connectivity index (χ1v) is 5.67. The van der Waals surface area contributed by atoms with E-state index in [1.165, 1.54) is 0 Å². The molecule has 1 atom stereocenters. The third kappa shape index (κ3) is 1.80. The average molecular weight is 234 g/mol. The van der Waals surface area contributed by atoms with Crippen LogP contribution in [0, 0.1) is 0 Å². The van der Waals surface area contributed by atoms with Gasteiger partial charge in [0, 0.05) is 18.2 Å². The zero-order valence-corrected chi connectivity index (χ0v) is 10.5. The third-order valence-corrected chi connectivity index (χ3v) is 3.28. The molecule has 1 heterocycles. The summed E-state index contributed by atoms with van der Waals surface area (Å²) >= 11 is 0. The topological polar surface area (TPSA) is 38.7 Å². The molecule has 92 valence electrons. The summed E-state index contributed by atoms with van der Waals surface area (Å²) in [5.41, 5.74) is 1.55. The van der Waals surface area contributed by atoms with Gasteiger partial charge in [-0.1, -0.05) is 6.08 Å². The zero-order chi connectivity index (χ0) is 12.6. The number of ether oxygens (including phenoxy) is 2. The lowest BCUT2D eigenvalue weighted by atomic mass is 9.84. The lowest BCUT2D eigenvalue weighted by Crippen LogP contribution is -2.33. The maximum atomic E-state index is 9.95. The molecule has 0 aliphatic carbocycles. The fraction of sp³-hybridized carbons (Fsp3) is 0.429. The molecule has 0 bridgehead atoms. The summed E-state index contributed by atoms with van der Waals surface area (Å²) in [6, 6.07) is 3.64. The minimum Gasteiger partial charge on any atom is -0.508 e. The molecule has 1 unspecified atom stereocenters. The quantitative estimate of drug-likeness (QED) is 0.817. The molecule has 0 fully saturated rings. The predicted octanol–water partition coefficient (Wildman–Crippen LogP) is 2.76. The average Bonchev–Trinajstić information content (AvgIpc) is 2.52. The van der Waals surface area contributed by atoms with E-state index in [1.807, 2.05) is 19.9 Å². The predicted molar refractivity (Wildman–Crippen MR) is 66.5 cm³/mol. The van der Waals surface area contributed by atoms with Gasteiger partial charge in [-0.2, -0.15) is 0 Å². The standard InChI is InChI=1S/C14H18O3/c1-5-6-9-7-12-10(8-11(9)15)14(2,3)13(16-4)17-12/h5,7-8,13,15H,1,6H2,2-4H3. The monoisotopic (exact) mass is 234 g/mol. The first-order chi connectivity index (χ1) is 8.00. The lowest BCUT2D eigenvalue weighted by Gasteiger charge is -2.24. The van der Waals surface area contributed by atoms with E-state index in [-0.39, 0.29) is 17.5 Å². The van der Waals surface area contributed by atoms with Crippen molar-refractivity contribution in [3.63, 3.8) is 0 Å². The molecule has 2 rings (SSSR count). The van der Waals surface area contributed by atoms with Crippen LogP contribution in [0.4, 0.5) is 0 Å². The van der Waals surface area contributed by atoms with Gasteiger partial charge in [-0.25, -0.2) is 0 Å². The summed E-state index contributed by atoms with van der Waals surface area (Å²) in [6.45, 7) is 7.76. The molecular weight excluding hydrogens is 216 g/mol. The van der Waals surface area contributed by atoms with E-state index in [0.29, 0.717) is 6.42 Å². The number of allylic oxidation sites excluding steroid dienone is 1. The van der Waals surface area contributed by atoms with Crippen LogP contribution < -0.4 is 4.74 Å². The van der Waals surface area contributed by atoms with Crippen LogP contribution in [0.5, 0.6) is 11.5 Å². The van der Waals surface area contributed by atoms with Crippen LogP contribution in [-0.4, -0.2) is 18.5 Å². The van der Waals surface area contributed by atoms with Crippen molar-refractivity contribution in [2.24, 2.45) is 0 Å². The largest absolute Gasteiger partial charge is 0.508 e. The minimum atomic E-state index is -0.309. The molecular formula is C14H18O3. The molecule has 1 N–H and O–H groups in total. The maximum absolute atomic E-state index is 9.95. The first kappa shape index (κ1) is 12.0. The van der Waals surface area contributed by atoms with Gasteiger partial charge in [0.25, 0.3) is 0 Å². The molecule has 0 radical (unpaired) electrons. The molecule has 0 amide bonds. The molecule has 3 nitrogen and oxygen atoms in total. The van der Waals surface area contributed by atoms with E-state index in [0.717, 1.165) is 16.9 Å². The highest BCUT2D eigenvalue weighted by Crippen LogP contribution is 2.45. The van der Waals surface area contributed by atoms with E-state index in [2.05, 4.69) is 6.58 Å². The van der Waals surface area contributed by atoms with Gasteiger partial charge in [0.05, 0.1) is 5.41 Å². The molecule has 0 saturated carbocycles. The number of hydrogen-bond donors (Lipinski definition) is 1. The van der Waals surface area contributed by atoms with Gasteiger partial charge in [-0.15, -0.1) is 6.58 Å². The van der Waals surface area contributed by atoms with Crippen LogP contribution in [0.2, 0.25) is 0 Å². The van der Waals surface area contributed by atoms with Crippen molar-refractivity contribution in [3.8, 4) is 11.5 Å². The van der Waals surface area contributed by atoms with Crippen LogP contribution in [0.1, 0.15) is 25.0 Å². The fourth-order valence-corrected chi connectivity index (χ4v) is 2.26. The van der Waals surface area contributed by atoms with Crippen LogP contribution in [-0.2, 0) is 16.6 Å². The Balaban J connectivity index is 2.48. The fourth-order valence-electron chi connectivity index (χ4n) is 2.26. The smallest absolute Gasteiger partial charge is 0.208 e. The molecule has 3 heteroatoms. The van der Waals surface area contributed by atoms with Crippen molar-refractivity contribution >= 4 is 0 Å². The Bertz CT molecular complexity index is 449. The summed E-state index contributed by atoms with van der Waals surface area (Å²) in [5, 5.41) is 9.95. The van der Waals surface area contributed by atoms with E-state index >= 15 is 0 Å². The van der Waals surface area contributed by atoms with Crippen molar-refractivity contribution in [2.75, 3.05) is 7.11 Å². The number of phenols is 1. The molecule has 0 spiro atoms. The number of benzene rings is 1. The Morgan fingerprint density at radius 3 is 2.82 bits per heavy atom. The summed E-state index contributed by atoms with van der Waals surface area (Å²) in [7, 11) is 1.63. The highest BCUT2D eigenvalue weighted by atomic mass is 16.7. The molecule has 0 aromatic heterocycles. The second-order valence-corrected chi connectivity index (χ2v) is 4.88. The van der Waals surface area contributed by atoms with Crippen LogP contribution in [0.25, 0.3) is 0 Å². The Kier molecular flexibility index (Phi) is 2.87. The third-order valence-electron chi connectivity index (χ3n) is 3.28. The van der Waals surface area contributed by atoms with E-state index in [1.54, 1.807) is 19.3 Å². The Morgan fingerprint density at radius 2 is 2.24 bits per heavy atom. The van der Waals surface area contributed by atoms with Gasteiger partial charge < -0.3 is 14.6 Å². The normalized spacial score (nSPS) is 20.8. The van der Waals surface area contributed by atoms with E-state index in [9.17, 15) is 5.11 Å². The number of methoxy groups -OCH3 is 1. The number of rotatable bonds is 3. The first-order valence-electron chi connectivity index (χ1n) is 5.67. The van der Waals surface area contributed by atoms with Gasteiger partial charge in [-0.05, 0) is 32.4 Å². The minimum absolute atomic E-state index is 0.256. The van der Waals surface area contributed by atoms with Gasteiger partial charge in [0.1, 0.15) is 11.5 Å². The molecule has 1 aliphatic rings. The number of phenolic OH excluding ortho intramolecular Hbond substituents is 1. The summed E-state index contributed by atoms with van der Waals surface area (Å²) in [6.07, 6.45) is 2.08. The number of fused-ring (bicyclic) bond motifs is 1. The van der Waals surface area contributed by atoms with Crippen molar-refractivity contribution < 1.29 is 14.6 Å². The Morgan fingerprint density at radius 1 is 1.53 bits per heavy atom. The summed E-state index contributed by atoms with van der Waals surface area (Å²) < 4.78 is 11.1. The molecule has 1 aromatic carbocycles. The maximum Gasteiger partial charge on any atom is 0.208 e. The molecule has 0 saturated heterocycles. The zero-order valence-electron chi connectivity index (χ0n) is 10.5. The van der Waals surface area contributed by atoms with Crippen molar-refractivity contribution in [1.82, 2.24) is 0 Å². The Hall–Kier alpha value is -1.48.